The van der Waals surface area contributed by atoms with Crippen LogP contribution in [0.3, 0.4) is 0 Å². The Hall–Kier alpha value is -0.160. The Labute approximate surface area is 60.8 Å². The highest BCUT2D eigenvalue weighted by Crippen LogP contribution is 1.90. The molecule has 0 aromatic heterocycles. The summed E-state index contributed by atoms with van der Waals surface area (Å²) in [6, 6.07) is 0. The maximum atomic E-state index is 10.7. The molecule has 1 saturated heterocycles. The normalized spacial score (nSPS) is 17.8. The first-order valence-corrected chi connectivity index (χ1v) is 4.89. The molecule has 1 rings (SSSR count). The van der Waals surface area contributed by atoms with Crippen molar-refractivity contribution in [3.05, 3.63) is 0 Å². The Balaban J connectivity index is 0.000000162. The Kier molecular flexibility index (Phi) is 4.55. The summed E-state index contributed by atoms with van der Waals surface area (Å²) in [5.74, 6) is 0. The van der Waals surface area contributed by atoms with Gasteiger partial charge in [-0.3, -0.25) is 0 Å². The van der Waals surface area contributed by atoms with Gasteiger partial charge in [0, 0.05) is 0 Å². The number of nitrogens with one attached hydrogen (secondary N) is 1. The Morgan fingerprint density at radius 1 is 1.30 bits per heavy atom. The van der Waals surface area contributed by atoms with Crippen molar-refractivity contribution >= 4 is 10.2 Å². The van der Waals surface area contributed by atoms with Crippen molar-refractivity contribution in [2.24, 2.45) is 0 Å². The van der Waals surface area contributed by atoms with Crippen LogP contribution in [0.2, 0.25) is 0 Å². The summed E-state index contributed by atoms with van der Waals surface area (Å²) in [6.45, 7) is 2.50. The van der Waals surface area contributed by atoms with Gasteiger partial charge in [0.05, 0.1) is 6.26 Å². The minimum atomic E-state index is -4.17. The quantitative estimate of drug-likeness (QED) is 0.530. The number of hydrogen-bond donors (Lipinski definition) is 1. The zero-order chi connectivity index (χ0) is 8.04. The first-order chi connectivity index (χ1) is 4.50. The second-order valence-electron chi connectivity index (χ2n) is 2.14. The van der Waals surface area contributed by atoms with Gasteiger partial charge in [-0.1, -0.05) is 0 Å². The number of rotatable bonds is 0. The molecule has 0 amide bonds. The van der Waals surface area contributed by atoms with Crippen LogP contribution in [0.4, 0.5) is 3.89 Å². The standard InChI is InChI=1S/C4H9N.CH3FO2S/c1-2-4-5-3-1;1-5(2,3)4/h5H,1-4H2;1H3. The lowest BCUT2D eigenvalue weighted by Crippen LogP contribution is -2.03. The van der Waals surface area contributed by atoms with Crippen LogP contribution >= 0.6 is 0 Å². The lowest BCUT2D eigenvalue weighted by molar-refractivity contribution is 0.559. The molecular formula is C5H12FNO2S. The van der Waals surface area contributed by atoms with Crippen molar-refractivity contribution in [1.29, 1.82) is 0 Å². The molecule has 0 aromatic carbocycles. The van der Waals surface area contributed by atoms with Gasteiger partial charge in [-0.15, -0.1) is 3.89 Å². The predicted molar refractivity (Wildman–Crippen MR) is 38.1 cm³/mol. The molecule has 1 fully saturated rings. The molecule has 1 N–H and O–H groups in total. The zero-order valence-corrected chi connectivity index (χ0v) is 6.75. The van der Waals surface area contributed by atoms with E-state index in [0.717, 1.165) is 0 Å². The molecule has 0 unspecified atom stereocenters. The second kappa shape index (κ2) is 4.62. The highest BCUT2D eigenvalue weighted by atomic mass is 32.3. The van der Waals surface area contributed by atoms with Crippen molar-refractivity contribution in [1.82, 2.24) is 5.32 Å². The van der Waals surface area contributed by atoms with Crippen molar-refractivity contribution < 1.29 is 12.3 Å². The second-order valence-corrected chi connectivity index (χ2v) is 3.50. The van der Waals surface area contributed by atoms with Crippen LogP contribution in [0, 0.1) is 0 Å². The van der Waals surface area contributed by atoms with Crippen molar-refractivity contribution in [3.8, 4) is 0 Å². The third kappa shape index (κ3) is 15.7. The summed E-state index contributed by atoms with van der Waals surface area (Å²) in [5.41, 5.74) is 0. The van der Waals surface area contributed by atoms with Crippen molar-refractivity contribution in [2.75, 3.05) is 19.3 Å². The van der Waals surface area contributed by atoms with Crippen LogP contribution in [0.15, 0.2) is 0 Å². The van der Waals surface area contributed by atoms with E-state index in [1.165, 1.54) is 25.9 Å². The molecule has 10 heavy (non-hydrogen) atoms. The monoisotopic (exact) mass is 169 g/mol. The van der Waals surface area contributed by atoms with E-state index >= 15 is 0 Å². The van der Waals surface area contributed by atoms with Crippen LogP contribution in [0.25, 0.3) is 0 Å². The summed E-state index contributed by atoms with van der Waals surface area (Å²) in [4.78, 5) is 0. The molecule has 5 heteroatoms. The van der Waals surface area contributed by atoms with E-state index in [0.29, 0.717) is 6.26 Å². The van der Waals surface area contributed by atoms with Gasteiger partial charge < -0.3 is 5.32 Å². The summed E-state index contributed by atoms with van der Waals surface area (Å²) >= 11 is 0. The largest absolute Gasteiger partial charge is 0.317 e. The molecule has 0 saturated carbocycles. The SMILES string of the molecule is C1CCNC1.CS(=O)(=O)F. The smallest absolute Gasteiger partial charge is 0.299 e. The van der Waals surface area contributed by atoms with E-state index in [1.54, 1.807) is 0 Å². The first-order valence-electron chi connectivity index (χ1n) is 3.10. The Morgan fingerprint density at radius 3 is 1.70 bits per heavy atom. The van der Waals surface area contributed by atoms with Gasteiger partial charge in [0.25, 0.3) is 10.2 Å². The van der Waals surface area contributed by atoms with Crippen LogP contribution in [0.5, 0.6) is 0 Å². The third-order valence-electron chi connectivity index (χ3n) is 0.957. The van der Waals surface area contributed by atoms with Gasteiger partial charge in [-0.25, -0.2) is 0 Å². The molecule has 0 aliphatic carbocycles. The summed E-state index contributed by atoms with van der Waals surface area (Å²) in [5, 5.41) is 3.22. The van der Waals surface area contributed by atoms with Crippen LogP contribution in [0.1, 0.15) is 12.8 Å². The summed E-state index contributed by atoms with van der Waals surface area (Å²) in [6.07, 6.45) is 3.27. The van der Waals surface area contributed by atoms with E-state index in [4.69, 9.17) is 8.42 Å². The minimum Gasteiger partial charge on any atom is -0.317 e. The van der Waals surface area contributed by atoms with Crippen LogP contribution in [-0.2, 0) is 10.2 Å². The van der Waals surface area contributed by atoms with E-state index in [1.807, 2.05) is 0 Å². The highest BCUT2D eigenvalue weighted by molar-refractivity contribution is 7.85. The van der Waals surface area contributed by atoms with Gasteiger partial charge in [0.2, 0.25) is 0 Å². The van der Waals surface area contributed by atoms with Gasteiger partial charge >= 0.3 is 0 Å². The van der Waals surface area contributed by atoms with Gasteiger partial charge in [-0.05, 0) is 25.9 Å². The average molecular weight is 169 g/mol. The van der Waals surface area contributed by atoms with E-state index in [-0.39, 0.29) is 0 Å². The number of halogens is 1. The fourth-order valence-corrected chi connectivity index (χ4v) is 0.625. The van der Waals surface area contributed by atoms with Crippen LogP contribution in [-0.4, -0.2) is 27.8 Å². The maximum Gasteiger partial charge on any atom is 0.299 e. The number of hydrogen-bond acceptors (Lipinski definition) is 3. The predicted octanol–water partition coefficient (Wildman–Crippen LogP) is 0.285. The lowest BCUT2D eigenvalue weighted by atomic mass is 10.4. The topological polar surface area (TPSA) is 46.2 Å². The van der Waals surface area contributed by atoms with Crippen molar-refractivity contribution in [2.45, 2.75) is 12.8 Å². The Bertz CT molecular complexity index is 147. The minimum absolute atomic E-state index is 0.493. The fraction of sp³-hybridized carbons (Fsp3) is 1.00. The lowest BCUT2D eigenvalue weighted by Gasteiger charge is -1.76. The molecule has 0 radical (unpaired) electrons. The summed E-state index contributed by atoms with van der Waals surface area (Å²) < 4.78 is 28.6. The molecule has 1 heterocycles. The fourth-order valence-electron chi connectivity index (χ4n) is 0.625. The molecular weight excluding hydrogens is 157 g/mol. The van der Waals surface area contributed by atoms with Crippen molar-refractivity contribution in [3.63, 3.8) is 0 Å². The summed E-state index contributed by atoms with van der Waals surface area (Å²) in [7, 11) is -4.17. The molecule has 0 atom stereocenters. The molecule has 3 nitrogen and oxygen atoms in total. The average Bonchev–Trinajstić information content (AvgIpc) is 2.07. The molecule has 1 aliphatic rings. The molecule has 1 aliphatic heterocycles. The van der Waals surface area contributed by atoms with Gasteiger partial charge in [0.15, 0.2) is 0 Å². The molecule has 0 bridgehead atoms. The zero-order valence-electron chi connectivity index (χ0n) is 5.93. The Morgan fingerprint density at radius 2 is 1.60 bits per heavy atom. The highest BCUT2D eigenvalue weighted by Gasteiger charge is 1.93. The van der Waals surface area contributed by atoms with Gasteiger partial charge in [0.1, 0.15) is 0 Å². The van der Waals surface area contributed by atoms with E-state index < -0.39 is 10.2 Å². The molecule has 62 valence electrons. The maximum absolute atomic E-state index is 10.7. The third-order valence-corrected chi connectivity index (χ3v) is 0.957. The van der Waals surface area contributed by atoms with Crippen LogP contribution < -0.4 is 5.32 Å². The first kappa shape index (κ1) is 9.84. The molecule has 0 spiro atoms. The van der Waals surface area contributed by atoms with E-state index in [2.05, 4.69) is 5.32 Å². The molecule has 0 aromatic rings. The van der Waals surface area contributed by atoms with Gasteiger partial charge in [-0.2, -0.15) is 8.42 Å². The van der Waals surface area contributed by atoms with E-state index in [9.17, 15) is 3.89 Å².